The average Bonchev–Trinajstić information content (AvgIpc) is 2.70. The van der Waals surface area contributed by atoms with Gasteiger partial charge in [-0.05, 0) is 51.0 Å². The molecule has 2 amide bonds. The van der Waals surface area contributed by atoms with E-state index in [1.54, 1.807) is 20.8 Å². The number of esters is 1. The summed E-state index contributed by atoms with van der Waals surface area (Å²) in [7, 11) is 0. The SMILES string of the molecule is C[C@H](NC(=O)[C@@H](NC(=O)OC(C)(C)C)c1ccc(O)cc1)C(=O)OCc1ccccc1. The number of nitrogens with one attached hydrogen (secondary N) is 2. The van der Waals surface area contributed by atoms with Crippen LogP contribution >= 0.6 is 0 Å². The molecule has 0 heterocycles. The summed E-state index contributed by atoms with van der Waals surface area (Å²) in [5.41, 5.74) is 0.475. The number of phenols is 1. The number of phenolic OH excluding ortho intramolecular Hbond substituents is 1. The molecule has 2 aromatic carbocycles. The molecule has 0 saturated heterocycles. The Kier molecular flexibility index (Phi) is 8.01. The molecule has 0 aliphatic rings. The fourth-order valence-corrected chi connectivity index (χ4v) is 2.60. The second-order valence-corrected chi connectivity index (χ2v) is 7.99. The highest BCUT2D eigenvalue weighted by Gasteiger charge is 2.28. The number of carbonyl (C=O) groups excluding carboxylic acids is 3. The maximum atomic E-state index is 12.9. The smallest absolute Gasteiger partial charge is 0.408 e. The Morgan fingerprint density at radius 3 is 2.16 bits per heavy atom. The van der Waals surface area contributed by atoms with Crippen LogP contribution in [0, 0.1) is 0 Å². The summed E-state index contributed by atoms with van der Waals surface area (Å²) in [5.74, 6) is -1.22. The highest BCUT2D eigenvalue weighted by atomic mass is 16.6. The van der Waals surface area contributed by atoms with E-state index in [9.17, 15) is 19.5 Å². The predicted molar refractivity (Wildman–Crippen MR) is 114 cm³/mol. The second kappa shape index (κ2) is 10.5. The number of alkyl carbamates (subject to hydrolysis) is 1. The van der Waals surface area contributed by atoms with Crippen LogP contribution in [-0.2, 0) is 25.7 Å². The van der Waals surface area contributed by atoms with Crippen molar-refractivity contribution < 1.29 is 29.0 Å². The minimum Gasteiger partial charge on any atom is -0.508 e. The van der Waals surface area contributed by atoms with Gasteiger partial charge in [0, 0.05) is 0 Å². The zero-order chi connectivity index (χ0) is 23.0. The van der Waals surface area contributed by atoms with Gasteiger partial charge in [0.15, 0.2) is 0 Å². The highest BCUT2D eigenvalue weighted by Crippen LogP contribution is 2.19. The van der Waals surface area contributed by atoms with Gasteiger partial charge in [-0.1, -0.05) is 42.5 Å². The van der Waals surface area contributed by atoms with Gasteiger partial charge in [-0.2, -0.15) is 0 Å². The molecule has 2 atom stereocenters. The van der Waals surface area contributed by atoms with Crippen molar-refractivity contribution in [3.63, 3.8) is 0 Å². The fourth-order valence-electron chi connectivity index (χ4n) is 2.60. The average molecular weight is 428 g/mol. The van der Waals surface area contributed by atoms with Crippen molar-refractivity contribution in [3.05, 3.63) is 65.7 Å². The molecule has 8 heteroatoms. The molecule has 0 aromatic heterocycles. The Bertz CT molecular complexity index is 891. The Hall–Kier alpha value is -3.55. The first kappa shape index (κ1) is 23.7. The molecule has 2 aromatic rings. The molecule has 0 spiro atoms. The van der Waals surface area contributed by atoms with E-state index in [1.165, 1.54) is 31.2 Å². The topological polar surface area (TPSA) is 114 Å². The molecular weight excluding hydrogens is 400 g/mol. The van der Waals surface area contributed by atoms with E-state index in [4.69, 9.17) is 9.47 Å². The molecule has 0 radical (unpaired) electrons. The number of aromatic hydroxyl groups is 1. The van der Waals surface area contributed by atoms with Crippen molar-refractivity contribution in [1.82, 2.24) is 10.6 Å². The molecule has 0 aliphatic carbocycles. The summed E-state index contributed by atoms with van der Waals surface area (Å²) in [4.78, 5) is 37.4. The van der Waals surface area contributed by atoms with Gasteiger partial charge in [-0.15, -0.1) is 0 Å². The third-order valence-corrected chi connectivity index (χ3v) is 4.09. The van der Waals surface area contributed by atoms with Crippen LogP contribution in [0.25, 0.3) is 0 Å². The van der Waals surface area contributed by atoms with Crippen molar-refractivity contribution >= 4 is 18.0 Å². The number of benzene rings is 2. The van der Waals surface area contributed by atoms with Crippen LogP contribution in [0.4, 0.5) is 4.79 Å². The summed E-state index contributed by atoms with van der Waals surface area (Å²) >= 11 is 0. The molecule has 0 unspecified atom stereocenters. The first-order valence-electron chi connectivity index (χ1n) is 9.84. The number of hydrogen-bond donors (Lipinski definition) is 3. The molecule has 0 aliphatic heterocycles. The van der Waals surface area contributed by atoms with Crippen LogP contribution in [-0.4, -0.2) is 34.7 Å². The molecule has 0 fully saturated rings. The van der Waals surface area contributed by atoms with E-state index in [0.29, 0.717) is 5.56 Å². The molecular formula is C23H28N2O6. The van der Waals surface area contributed by atoms with Gasteiger partial charge in [0.2, 0.25) is 5.91 Å². The standard InChI is InChI=1S/C23H28N2O6/c1-15(21(28)30-14-16-8-6-5-7-9-16)24-20(27)19(17-10-12-18(26)13-11-17)25-22(29)31-23(2,3)4/h5-13,15,19,26H,14H2,1-4H3,(H,24,27)(H,25,29)/t15-,19-/m0/s1. The normalized spacial score (nSPS) is 12.9. The van der Waals surface area contributed by atoms with Crippen LogP contribution in [0.15, 0.2) is 54.6 Å². The number of hydrogen-bond acceptors (Lipinski definition) is 6. The lowest BCUT2D eigenvalue weighted by Gasteiger charge is -2.24. The van der Waals surface area contributed by atoms with Gasteiger partial charge in [0.25, 0.3) is 0 Å². The van der Waals surface area contributed by atoms with Crippen molar-refractivity contribution in [1.29, 1.82) is 0 Å². The largest absolute Gasteiger partial charge is 0.508 e. The fraction of sp³-hybridized carbons (Fsp3) is 0.348. The Balaban J connectivity index is 2.05. The first-order valence-corrected chi connectivity index (χ1v) is 9.84. The zero-order valence-electron chi connectivity index (χ0n) is 18.0. The van der Waals surface area contributed by atoms with Gasteiger partial charge in [0.05, 0.1) is 0 Å². The summed E-state index contributed by atoms with van der Waals surface area (Å²) in [5, 5.41) is 14.6. The molecule has 0 bridgehead atoms. The predicted octanol–water partition coefficient (Wildman–Crippen LogP) is 3.21. The van der Waals surface area contributed by atoms with E-state index >= 15 is 0 Å². The van der Waals surface area contributed by atoms with Crippen LogP contribution in [0.2, 0.25) is 0 Å². The molecule has 166 valence electrons. The minimum atomic E-state index is -1.14. The highest BCUT2D eigenvalue weighted by molar-refractivity contribution is 5.90. The molecule has 31 heavy (non-hydrogen) atoms. The minimum absolute atomic E-state index is 0.0121. The second-order valence-electron chi connectivity index (χ2n) is 7.99. The van der Waals surface area contributed by atoms with Crippen LogP contribution in [0.3, 0.4) is 0 Å². The number of carbonyl (C=O) groups is 3. The number of rotatable bonds is 7. The molecule has 8 nitrogen and oxygen atoms in total. The van der Waals surface area contributed by atoms with E-state index in [-0.39, 0.29) is 12.4 Å². The van der Waals surface area contributed by atoms with Crippen LogP contribution in [0.5, 0.6) is 5.75 Å². The van der Waals surface area contributed by atoms with Gasteiger partial charge in [0.1, 0.15) is 30.0 Å². The number of amides is 2. The van der Waals surface area contributed by atoms with E-state index in [0.717, 1.165) is 5.56 Å². The van der Waals surface area contributed by atoms with E-state index in [2.05, 4.69) is 10.6 Å². The van der Waals surface area contributed by atoms with Gasteiger partial charge < -0.3 is 25.2 Å². The molecule has 3 N–H and O–H groups in total. The Morgan fingerprint density at radius 2 is 1.58 bits per heavy atom. The van der Waals surface area contributed by atoms with Crippen LogP contribution < -0.4 is 10.6 Å². The van der Waals surface area contributed by atoms with Crippen molar-refractivity contribution in [3.8, 4) is 5.75 Å². The molecule has 0 saturated carbocycles. The van der Waals surface area contributed by atoms with Crippen LogP contribution in [0.1, 0.15) is 44.9 Å². The van der Waals surface area contributed by atoms with Crippen molar-refractivity contribution in [2.24, 2.45) is 0 Å². The third kappa shape index (κ3) is 8.00. The molecule has 2 rings (SSSR count). The number of ether oxygens (including phenoxy) is 2. The van der Waals surface area contributed by atoms with Gasteiger partial charge in [-0.25, -0.2) is 9.59 Å². The van der Waals surface area contributed by atoms with Crippen molar-refractivity contribution in [2.45, 2.75) is 52.0 Å². The quantitative estimate of drug-likeness (QED) is 0.584. The van der Waals surface area contributed by atoms with Gasteiger partial charge >= 0.3 is 12.1 Å². The lowest BCUT2D eigenvalue weighted by molar-refractivity contribution is -0.148. The Labute approximate surface area is 181 Å². The van der Waals surface area contributed by atoms with Crippen molar-refractivity contribution in [2.75, 3.05) is 0 Å². The van der Waals surface area contributed by atoms with E-state index < -0.39 is 35.7 Å². The van der Waals surface area contributed by atoms with Gasteiger partial charge in [-0.3, -0.25) is 4.79 Å². The lowest BCUT2D eigenvalue weighted by atomic mass is 10.1. The summed E-state index contributed by atoms with van der Waals surface area (Å²) in [6.07, 6.45) is -0.792. The maximum absolute atomic E-state index is 12.9. The monoisotopic (exact) mass is 428 g/mol. The summed E-state index contributed by atoms with van der Waals surface area (Å²) in [6.45, 7) is 6.68. The van der Waals surface area contributed by atoms with E-state index in [1.807, 2.05) is 30.3 Å². The summed E-state index contributed by atoms with van der Waals surface area (Å²) < 4.78 is 10.5. The third-order valence-electron chi connectivity index (χ3n) is 4.09. The first-order chi connectivity index (χ1) is 14.5. The summed E-state index contributed by atoms with van der Waals surface area (Å²) in [6, 6.07) is 12.9. The lowest BCUT2D eigenvalue weighted by Crippen LogP contribution is -2.47. The maximum Gasteiger partial charge on any atom is 0.408 e. The zero-order valence-corrected chi connectivity index (χ0v) is 18.0. The Morgan fingerprint density at radius 1 is 0.968 bits per heavy atom.